The Kier molecular flexibility index (Phi) is 4.16. The van der Waals surface area contributed by atoms with Crippen molar-refractivity contribution in [3.63, 3.8) is 0 Å². The summed E-state index contributed by atoms with van der Waals surface area (Å²) in [6, 6.07) is 0. The standard InChI is InChI=1S/C10H12N2O.C2H6/c1-2-12-10(13)8-6-4-3-5-7-9(8)11-12;1-2/h3,5-7,11H,2,4H2,1H3;1-2H3. The van der Waals surface area contributed by atoms with Crippen molar-refractivity contribution in [2.75, 3.05) is 0 Å². The van der Waals surface area contributed by atoms with E-state index in [0.717, 1.165) is 17.0 Å². The van der Waals surface area contributed by atoms with Gasteiger partial charge in [-0.05, 0) is 19.4 Å². The zero-order valence-corrected chi connectivity index (χ0v) is 9.58. The van der Waals surface area contributed by atoms with Gasteiger partial charge in [-0.1, -0.05) is 32.1 Å². The molecule has 3 nitrogen and oxygen atoms in total. The summed E-state index contributed by atoms with van der Waals surface area (Å²) in [4.78, 5) is 11.7. The monoisotopic (exact) mass is 206 g/mol. The van der Waals surface area contributed by atoms with E-state index in [1.165, 1.54) is 0 Å². The lowest BCUT2D eigenvalue weighted by atomic mass is 10.3. The molecule has 0 bridgehead atoms. The van der Waals surface area contributed by atoms with Crippen LogP contribution in [0.3, 0.4) is 0 Å². The third kappa shape index (κ3) is 2.29. The van der Waals surface area contributed by atoms with Crippen molar-refractivity contribution in [2.45, 2.75) is 33.7 Å². The zero-order chi connectivity index (χ0) is 11.3. The Morgan fingerprint density at radius 2 is 2.20 bits per heavy atom. The number of hydrogen-bond acceptors (Lipinski definition) is 1. The number of aromatic nitrogens is 2. The highest BCUT2D eigenvalue weighted by Gasteiger charge is 2.00. The molecule has 0 fully saturated rings. The fraction of sp³-hybridized carbons (Fsp3) is 0.417. The van der Waals surface area contributed by atoms with Gasteiger partial charge in [0.2, 0.25) is 0 Å². The summed E-state index contributed by atoms with van der Waals surface area (Å²) in [5.74, 6) is 0. The van der Waals surface area contributed by atoms with Crippen LogP contribution in [0.4, 0.5) is 0 Å². The van der Waals surface area contributed by atoms with E-state index >= 15 is 0 Å². The minimum Gasteiger partial charge on any atom is -0.295 e. The van der Waals surface area contributed by atoms with Gasteiger partial charge in [-0.25, -0.2) is 0 Å². The van der Waals surface area contributed by atoms with Gasteiger partial charge in [0.05, 0.1) is 10.6 Å². The first-order chi connectivity index (χ1) is 7.33. The van der Waals surface area contributed by atoms with Gasteiger partial charge in [-0.3, -0.25) is 14.6 Å². The molecule has 0 atom stereocenters. The van der Waals surface area contributed by atoms with E-state index in [2.05, 4.69) is 5.10 Å². The van der Waals surface area contributed by atoms with Crippen LogP contribution < -0.4 is 16.1 Å². The number of hydrogen-bond donors (Lipinski definition) is 1. The number of nitrogens with zero attached hydrogens (tertiary/aromatic N) is 1. The Hall–Kier alpha value is -1.51. The van der Waals surface area contributed by atoms with Crippen molar-refractivity contribution >= 4 is 12.2 Å². The number of nitrogens with one attached hydrogen (secondary N) is 1. The van der Waals surface area contributed by atoms with E-state index < -0.39 is 0 Å². The second kappa shape index (κ2) is 5.39. The van der Waals surface area contributed by atoms with Crippen molar-refractivity contribution < 1.29 is 0 Å². The van der Waals surface area contributed by atoms with Crippen molar-refractivity contribution in [3.8, 4) is 0 Å². The lowest BCUT2D eigenvalue weighted by Crippen LogP contribution is -2.34. The Labute approximate surface area is 89.4 Å². The molecule has 0 spiro atoms. The second-order valence-electron chi connectivity index (χ2n) is 3.02. The van der Waals surface area contributed by atoms with E-state index in [0.29, 0.717) is 6.54 Å². The van der Waals surface area contributed by atoms with Crippen LogP contribution in [0.15, 0.2) is 16.9 Å². The highest BCUT2D eigenvalue weighted by molar-refractivity contribution is 5.41. The molecule has 1 aliphatic rings. The highest BCUT2D eigenvalue weighted by Crippen LogP contribution is 1.86. The molecule has 82 valence electrons. The van der Waals surface area contributed by atoms with Crippen molar-refractivity contribution in [2.24, 2.45) is 0 Å². The summed E-state index contributed by atoms with van der Waals surface area (Å²) in [7, 11) is 0. The van der Waals surface area contributed by atoms with Crippen LogP contribution in [0.1, 0.15) is 27.2 Å². The molecule has 0 amide bonds. The lowest BCUT2D eigenvalue weighted by Gasteiger charge is -1.90. The van der Waals surface area contributed by atoms with E-state index in [9.17, 15) is 4.79 Å². The first-order valence-corrected chi connectivity index (χ1v) is 5.49. The molecule has 0 saturated heterocycles. The van der Waals surface area contributed by atoms with Gasteiger partial charge in [0.15, 0.2) is 0 Å². The van der Waals surface area contributed by atoms with Gasteiger partial charge >= 0.3 is 0 Å². The van der Waals surface area contributed by atoms with Crippen LogP contribution >= 0.6 is 0 Å². The molecule has 1 heterocycles. The fourth-order valence-electron chi connectivity index (χ4n) is 1.49. The smallest absolute Gasteiger partial charge is 0.274 e. The van der Waals surface area contributed by atoms with E-state index in [1.807, 2.05) is 45.1 Å². The highest BCUT2D eigenvalue weighted by atomic mass is 16.1. The SMILES string of the molecule is CC.CCn1[nH]c2c(c1=O)=CCC=CC=2. The van der Waals surface area contributed by atoms with Crippen molar-refractivity contribution in [1.82, 2.24) is 9.78 Å². The van der Waals surface area contributed by atoms with Gasteiger partial charge in [0.25, 0.3) is 5.56 Å². The van der Waals surface area contributed by atoms with Gasteiger partial charge in [-0.2, -0.15) is 0 Å². The Morgan fingerprint density at radius 3 is 2.87 bits per heavy atom. The normalized spacial score (nSPS) is 12.7. The average molecular weight is 206 g/mol. The summed E-state index contributed by atoms with van der Waals surface area (Å²) in [5, 5.41) is 4.77. The third-order valence-electron chi connectivity index (χ3n) is 2.19. The number of H-pyrrole nitrogens is 1. The fourth-order valence-corrected chi connectivity index (χ4v) is 1.49. The van der Waals surface area contributed by atoms with E-state index in [1.54, 1.807) is 4.68 Å². The van der Waals surface area contributed by atoms with E-state index in [-0.39, 0.29) is 5.56 Å². The minimum absolute atomic E-state index is 0.0810. The molecule has 2 rings (SSSR count). The maximum absolute atomic E-state index is 11.7. The van der Waals surface area contributed by atoms with Crippen molar-refractivity contribution in [1.29, 1.82) is 0 Å². The Balaban J connectivity index is 0.000000531. The summed E-state index contributed by atoms with van der Waals surface area (Å²) >= 11 is 0. The second-order valence-corrected chi connectivity index (χ2v) is 3.02. The summed E-state index contributed by atoms with van der Waals surface area (Å²) in [6.07, 6.45) is 8.73. The Bertz CT molecular complexity index is 503. The molecule has 1 aromatic heterocycles. The zero-order valence-electron chi connectivity index (χ0n) is 9.58. The van der Waals surface area contributed by atoms with Gasteiger partial charge in [0, 0.05) is 6.54 Å². The third-order valence-corrected chi connectivity index (χ3v) is 2.19. The predicted octanol–water partition coefficient (Wildman–Crippen LogP) is 0.743. The molecule has 0 unspecified atom stereocenters. The van der Waals surface area contributed by atoms with Crippen LogP contribution in [-0.4, -0.2) is 9.78 Å². The molecule has 1 aromatic rings. The van der Waals surface area contributed by atoms with Gasteiger partial charge in [-0.15, -0.1) is 0 Å². The Morgan fingerprint density at radius 1 is 1.47 bits per heavy atom. The molecule has 0 radical (unpaired) electrons. The molecule has 1 N–H and O–H groups in total. The van der Waals surface area contributed by atoms with Crippen LogP contribution in [0.2, 0.25) is 0 Å². The molecule has 0 saturated carbocycles. The molecule has 15 heavy (non-hydrogen) atoms. The minimum atomic E-state index is 0.0810. The lowest BCUT2D eigenvalue weighted by molar-refractivity contribution is 0.632. The van der Waals surface area contributed by atoms with Crippen LogP contribution in [-0.2, 0) is 6.54 Å². The molecule has 1 aliphatic carbocycles. The van der Waals surface area contributed by atoms with Crippen LogP contribution in [0.5, 0.6) is 0 Å². The first kappa shape index (κ1) is 11.6. The number of fused-ring (bicyclic) bond motifs is 1. The van der Waals surface area contributed by atoms with E-state index in [4.69, 9.17) is 0 Å². The molecular weight excluding hydrogens is 188 g/mol. The van der Waals surface area contributed by atoms with Gasteiger partial charge < -0.3 is 0 Å². The number of aryl methyl sites for hydroxylation is 1. The molecule has 0 aliphatic heterocycles. The summed E-state index contributed by atoms with van der Waals surface area (Å²) in [5.41, 5.74) is 0.0810. The largest absolute Gasteiger partial charge is 0.295 e. The number of rotatable bonds is 1. The summed E-state index contributed by atoms with van der Waals surface area (Å²) < 4.78 is 1.62. The quantitative estimate of drug-likeness (QED) is 0.723. The van der Waals surface area contributed by atoms with Gasteiger partial charge in [0.1, 0.15) is 0 Å². The topological polar surface area (TPSA) is 37.8 Å². The molecular formula is C12H18N2O. The number of allylic oxidation sites excluding steroid dienone is 2. The first-order valence-electron chi connectivity index (χ1n) is 5.49. The maximum Gasteiger partial charge on any atom is 0.274 e. The molecule has 0 aromatic carbocycles. The summed E-state index contributed by atoms with van der Waals surface area (Å²) in [6.45, 7) is 6.64. The van der Waals surface area contributed by atoms with Crippen molar-refractivity contribution in [3.05, 3.63) is 33.1 Å². The average Bonchev–Trinajstić information content (AvgIpc) is 2.47. The van der Waals surface area contributed by atoms with Crippen LogP contribution in [0.25, 0.3) is 12.2 Å². The number of aromatic amines is 1. The maximum atomic E-state index is 11.7. The predicted molar refractivity (Wildman–Crippen MR) is 64.0 cm³/mol. The van der Waals surface area contributed by atoms with Crippen LogP contribution in [0, 0.1) is 0 Å². The molecule has 3 heteroatoms.